The first-order chi connectivity index (χ1) is 22.6. The fourth-order valence-electron chi connectivity index (χ4n) is 2.82. The number of carbonyl (C=O) groups excluding carboxylic acids is 4. The molecule has 1 unspecified atom stereocenters. The summed E-state index contributed by atoms with van der Waals surface area (Å²) in [5.74, 6) is -1.57. The van der Waals surface area contributed by atoms with E-state index >= 15 is 0 Å². The predicted molar refractivity (Wildman–Crippen MR) is 187 cm³/mol. The Labute approximate surface area is 289 Å². The number of carbonyl (C=O) groups is 5. The number of imidazole rings is 1. The highest BCUT2D eigenvalue weighted by Crippen LogP contribution is 2.22. The largest absolute Gasteiger partial charge is 0.481 e. The molecule has 0 aliphatic heterocycles. The van der Waals surface area contributed by atoms with Crippen LogP contribution in [0.3, 0.4) is 0 Å². The summed E-state index contributed by atoms with van der Waals surface area (Å²) in [6.45, 7) is 21.2. The first-order valence-electron chi connectivity index (χ1n) is 16.2. The number of nitrogens with zero attached hydrogens (tertiary/aromatic N) is 1. The molecule has 1 aromatic heterocycles. The minimum absolute atomic E-state index is 0.135. The van der Waals surface area contributed by atoms with Crippen LogP contribution in [0.4, 0.5) is 10.7 Å². The third kappa shape index (κ3) is 17.0. The highest BCUT2D eigenvalue weighted by molar-refractivity contribution is 5.89. The van der Waals surface area contributed by atoms with Gasteiger partial charge >= 0.3 is 29.9 Å². The third-order valence-corrected chi connectivity index (χ3v) is 7.74. The number of ether oxygens (including phenoxy) is 3. The number of aliphatic hydroxyl groups excluding tert-OH is 1. The Hall–Kier alpha value is -4.46. The number of aromatic amines is 1. The molecule has 14 heteroatoms. The molecule has 49 heavy (non-hydrogen) atoms. The number of amides is 2. The van der Waals surface area contributed by atoms with Gasteiger partial charge < -0.3 is 34.7 Å². The molecule has 14 nitrogen and oxygen atoms in total. The Morgan fingerprint density at radius 1 is 0.857 bits per heavy atom. The number of aromatic nitrogens is 2. The molecule has 2 aromatic rings. The lowest BCUT2D eigenvalue weighted by atomic mass is 9.91. The van der Waals surface area contributed by atoms with Gasteiger partial charge in [0, 0.05) is 5.57 Å². The van der Waals surface area contributed by atoms with Crippen LogP contribution < -0.4 is 10.6 Å². The molecule has 2 rings (SSSR count). The highest BCUT2D eigenvalue weighted by Gasteiger charge is 2.28. The zero-order valence-electron chi connectivity index (χ0n) is 30.7. The molecule has 1 heterocycles. The Morgan fingerprint density at radius 2 is 1.37 bits per heavy atom. The van der Waals surface area contributed by atoms with Crippen LogP contribution in [0.1, 0.15) is 88.5 Å². The normalized spacial score (nSPS) is 11.8. The lowest BCUT2D eigenvalue weighted by Crippen LogP contribution is -2.34. The topological polar surface area (TPSA) is 206 Å². The van der Waals surface area contributed by atoms with Gasteiger partial charge in [-0.3, -0.25) is 19.7 Å². The number of nitrogens with one attached hydrogen (secondary N) is 3. The Bertz CT molecular complexity index is 1360. The quantitative estimate of drug-likeness (QED) is 0.0670. The van der Waals surface area contributed by atoms with E-state index in [1.165, 1.54) is 6.92 Å². The molecule has 0 saturated carbocycles. The van der Waals surface area contributed by atoms with Crippen LogP contribution >= 0.6 is 0 Å². The summed E-state index contributed by atoms with van der Waals surface area (Å²) in [6, 6.07) is 7.08. The van der Waals surface area contributed by atoms with E-state index in [9.17, 15) is 29.1 Å². The SMILES string of the molecule is C=C(C)C(=O)OCC(O)COC(=O)C(C)(C)CC.CCC(C)(C)C(=O)O.CCC(C)(C)C(=O)OCCNC(=O)Nc1nc2ccccc2[nH]1. The summed E-state index contributed by atoms with van der Waals surface area (Å²) in [5.41, 5.74) is 0.258. The van der Waals surface area contributed by atoms with E-state index in [1.807, 2.05) is 58.9 Å². The van der Waals surface area contributed by atoms with Crippen LogP contribution in [-0.4, -0.2) is 82.6 Å². The van der Waals surface area contributed by atoms with Gasteiger partial charge in [0.15, 0.2) is 0 Å². The minimum Gasteiger partial charge on any atom is -0.481 e. The number of anilines is 1. The molecule has 1 atom stereocenters. The standard InChI is InChI=1S/C16H22N4O3.C13H22O5.C6H12O2/c1-4-16(2,3)13(21)23-10-9-17-15(22)20-14-18-11-7-5-6-8-12(11)19-14;1-6-13(4,5)12(16)18-8-10(14)7-17-11(15)9(2)3;1-4-6(2,3)5(7)8/h5-8H,4,9-10H2,1-3H3,(H3,17,18,19,20,22);10,14H,2,6-8H2,1,3-5H3;4H2,1-3H3,(H,7,8). The molecule has 0 saturated heterocycles. The van der Waals surface area contributed by atoms with Crippen molar-refractivity contribution < 1.29 is 48.4 Å². The summed E-state index contributed by atoms with van der Waals surface area (Å²) in [7, 11) is 0. The smallest absolute Gasteiger partial charge is 0.333 e. The van der Waals surface area contributed by atoms with Gasteiger partial charge in [-0.15, -0.1) is 0 Å². The maximum Gasteiger partial charge on any atom is 0.333 e. The minimum atomic E-state index is -1.02. The first-order valence-corrected chi connectivity index (χ1v) is 16.2. The number of aliphatic hydroxyl groups is 1. The van der Waals surface area contributed by atoms with Gasteiger partial charge in [-0.25, -0.2) is 14.6 Å². The number of rotatable bonds is 15. The van der Waals surface area contributed by atoms with Gasteiger partial charge in [0.05, 0.1) is 33.8 Å². The van der Waals surface area contributed by atoms with Crippen molar-refractivity contribution in [1.82, 2.24) is 15.3 Å². The third-order valence-electron chi connectivity index (χ3n) is 7.74. The van der Waals surface area contributed by atoms with Gasteiger partial charge in [-0.05, 0) is 79.9 Å². The molecular weight excluding hydrogens is 636 g/mol. The molecular formula is C35H56N4O10. The number of hydrogen-bond donors (Lipinski definition) is 5. The van der Waals surface area contributed by atoms with Gasteiger partial charge in [-0.1, -0.05) is 39.5 Å². The van der Waals surface area contributed by atoms with Crippen LogP contribution in [0.15, 0.2) is 36.4 Å². The van der Waals surface area contributed by atoms with Gasteiger partial charge in [0.2, 0.25) is 5.95 Å². The van der Waals surface area contributed by atoms with E-state index in [-0.39, 0.29) is 43.9 Å². The molecule has 0 bridgehead atoms. The number of hydrogen-bond acceptors (Lipinski definition) is 10. The van der Waals surface area contributed by atoms with E-state index in [1.54, 1.807) is 27.7 Å². The lowest BCUT2D eigenvalue weighted by molar-refractivity contribution is -0.159. The molecule has 276 valence electrons. The molecule has 0 fully saturated rings. The number of H-pyrrole nitrogens is 1. The number of para-hydroxylation sites is 2. The van der Waals surface area contributed by atoms with E-state index in [4.69, 9.17) is 19.3 Å². The van der Waals surface area contributed by atoms with Crippen molar-refractivity contribution in [2.75, 3.05) is 31.7 Å². The molecule has 5 N–H and O–H groups in total. The van der Waals surface area contributed by atoms with Crippen molar-refractivity contribution in [2.24, 2.45) is 16.2 Å². The van der Waals surface area contributed by atoms with Crippen molar-refractivity contribution in [1.29, 1.82) is 0 Å². The first kappa shape index (κ1) is 44.5. The van der Waals surface area contributed by atoms with E-state index in [2.05, 4.69) is 27.2 Å². The van der Waals surface area contributed by atoms with E-state index < -0.39 is 40.3 Å². The Morgan fingerprint density at radius 3 is 1.84 bits per heavy atom. The molecule has 0 radical (unpaired) electrons. The molecule has 0 aliphatic rings. The number of esters is 3. The van der Waals surface area contributed by atoms with Crippen LogP contribution in [0.2, 0.25) is 0 Å². The van der Waals surface area contributed by atoms with Crippen LogP contribution in [0, 0.1) is 16.2 Å². The van der Waals surface area contributed by atoms with E-state index in [0.717, 1.165) is 11.0 Å². The van der Waals surface area contributed by atoms with E-state index in [0.29, 0.717) is 25.2 Å². The summed E-state index contributed by atoms with van der Waals surface area (Å²) >= 11 is 0. The van der Waals surface area contributed by atoms with Crippen LogP contribution in [-0.2, 0) is 33.4 Å². The number of carboxylic acids is 1. The maximum absolute atomic E-state index is 11.8. The lowest BCUT2D eigenvalue weighted by Gasteiger charge is -2.21. The average molecular weight is 693 g/mol. The van der Waals surface area contributed by atoms with Crippen molar-refractivity contribution >= 4 is 46.9 Å². The monoisotopic (exact) mass is 692 g/mol. The second-order valence-corrected chi connectivity index (χ2v) is 13.3. The number of fused-ring (bicyclic) bond motifs is 1. The molecule has 1 aromatic carbocycles. The van der Waals surface area contributed by atoms with Crippen molar-refractivity contribution in [3.05, 3.63) is 36.4 Å². The summed E-state index contributed by atoms with van der Waals surface area (Å²) in [4.78, 5) is 63.7. The molecule has 0 spiro atoms. The Kier molecular flexibility index (Phi) is 18.9. The number of benzene rings is 1. The fourth-order valence-corrected chi connectivity index (χ4v) is 2.82. The van der Waals surface area contributed by atoms with Gasteiger partial charge in [-0.2, -0.15) is 0 Å². The molecule has 0 aliphatic carbocycles. The zero-order valence-corrected chi connectivity index (χ0v) is 30.7. The second kappa shape index (κ2) is 20.8. The van der Waals surface area contributed by atoms with Crippen molar-refractivity contribution in [3.8, 4) is 0 Å². The van der Waals surface area contributed by atoms with Crippen molar-refractivity contribution in [3.63, 3.8) is 0 Å². The summed E-state index contributed by atoms with van der Waals surface area (Å²) < 4.78 is 14.8. The maximum atomic E-state index is 11.8. The summed E-state index contributed by atoms with van der Waals surface area (Å²) in [6.07, 6.45) is 1.01. The Balaban J connectivity index is 0.000000788. The van der Waals surface area contributed by atoms with Gasteiger partial charge in [0.1, 0.15) is 25.9 Å². The molecule has 2 amide bonds. The zero-order chi connectivity index (χ0) is 38.0. The van der Waals surface area contributed by atoms with Crippen LogP contribution in [0.5, 0.6) is 0 Å². The average Bonchev–Trinajstić information content (AvgIpc) is 3.46. The number of urea groups is 1. The van der Waals surface area contributed by atoms with Gasteiger partial charge in [0.25, 0.3) is 0 Å². The second-order valence-electron chi connectivity index (χ2n) is 13.3. The highest BCUT2D eigenvalue weighted by atomic mass is 16.6. The summed E-state index contributed by atoms with van der Waals surface area (Å²) in [5, 5.41) is 23.1. The van der Waals surface area contributed by atoms with Crippen LogP contribution in [0.25, 0.3) is 11.0 Å². The predicted octanol–water partition coefficient (Wildman–Crippen LogP) is 5.62. The number of aliphatic carboxylic acids is 1. The fraction of sp³-hybridized carbons (Fsp3) is 0.600. The number of carboxylic acid groups (broad SMARTS) is 1. The van der Waals surface area contributed by atoms with Crippen molar-refractivity contribution in [2.45, 2.75) is 94.6 Å².